The number of anilines is 2. The Hall–Kier alpha value is -2.62. The molecule has 2 aliphatic heterocycles. The highest BCUT2D eigenvalue weighted by atomic mass is 16.7. The second-order valence-corrected chi connectivity index (χ2v) is 9.27. The summed E-state index contributed by atoms with van der Waals surface area (Å²) in [5.74, 6) is 0.601. The van der Waals surface area contributed by atoms with Crippen molar-refractivity contribution < 1.29 is 18.8 Å². The van der Waals surface area contributed by atoms with E-state index in [1.807, 2.05) is 45.9 Å². The van der Waals surface area contributed by atoms with Crippen LogP contribution in [-0.2, 0) is 21.1 Å². The van der Waals surface area contributed by atoms with E-state index in [1.54, 1.807) is 24.1 Å². The summed E-state index contributed by atoms with van der Waals surface area (Å²) < 4.78 is 19.0. The van der Waals surface area contributed by atoms with Gasteiger partial charge in [0.15, 0.2) is 0 Å². The van der Waals surface area contributed by atoms with Gasteiger partial charge >= 0.3 is 7.12 Å². The summed E-state index contributed by atoms with van der Waals surface area (Å²) >= 11 is 0. The lowest BCUT2D eigenvalue weighted by atomic mass is 9.79. The summed E-state index contributed by atoms with van der Waals surface area (Å²) in [6.07, 6.45) is 0. The van der Waals surface area contributed by atoms with Gasteiger partial charge in [0, 0.05) is 37.5 Å². The largest absolute Gasteiger partial charge is 0.495 e. The third kappa shape index (κ3) is 4.33. The van der Waals surface area contributed by atoms with Gasteiger partial charge in [-0.25, -0.2) is 0 Å². The summed E-state index contributed by atoms with van der Waals surface area (Å²) in [4.78, 5) is 27.0. The van der Waals surface area contributed by atoms with Gasteiger partial charge in [0.2, 0.25) is 0 Å². The number of nitrogens with one attached hydrogen (secondary N) is 1. The predicted molar refractivity (Wildman–Crippen MR) is 124 cm³/mol. The molecule has 3 heterocycles. The van der Waals surface area contributed by atoms with Crippen LogP contribution in [0.25, 0.3) is 0 Å². The maximum absolute atomic E-state index is 12.6. The molecule has 0 unspecified atom stereocenters. The zero-order valence-corrected chi connectivity index (χ0v) is 19.3. The van der Waals surface area contributed by atoms with E-state index in [1.165, 1.54) is 10.6 Å². The Morgan fingerprint density at radius 1 is 1.00 bits per heavy atom. The van der Waals surface area contributed by atoms with Gasteiger partial charge in [-0.3, -0.25) is 14.2 Å². The van der Waals surface area contributed by atoms with Crippen molar-refractivity contribution in [2.45, 2.75) is 38.9 Å². The molecule has 8 nitrogen and oxygen atoms in total. The number of rotatable bonds is 4. The van der Waals surface area contributed by atoms with Crippen LogP contribution in [0.2, 0.25) is 0 Å². The molecule has 0 radical (unpaired) electrons. The summed E-state index contributed by atoms with van der Waals surface area (Å²) in [5.41, 5.74) is 0.902. The number of carbonyl (C=O) groups is 1. The van der Waals surface area contributed by atoms with Gasteiger partial charge in [0.05, 0.1) is 24.4 Å². The molecule has 170 valence electrons. The summed E-state index contributed by atoms with van der Waals surface area (Å²) in [6, 6.07) is 10.6. The molecule has 2 fully saturated rings. The van der Waals surface area contributed by atoms with Crippen molar-refractivity contribution in [3.05, 3.63) is 52.3 Å². The van der Waals surface area contributed by atoms with Crippen LogP contribution < -0.4 is 16.3 Å². The molecule has 2 aliphatic rings. The Kier molecular flexibility index (Phi) is 5.92. The SMILES string of the molecule is Cn1c(Nc2ccc(C(=O)N3CCOCC3)cc2)cc(B2OC(C)(C)C(C)(C)O2)cc1=O. The van der Waals surface area contributed by atoms with Gasteiger partial charge in [0.1, 0.15) is 5.82 Å². The van der Waals surface area contributed by atoms with Crippen LogP contribution in [0.1, 0.15) is 38.1 Å². The number of morpholine rings is 1. The Morgan fingerprint density at radius 2 is 1.59 bits per heavy atom. The number of aromatic nitrogens is 1. The fourth-order valence-electron chi connectivity index (χ4n) is 3.68. The number of nitrogens with zero attached hydrogens (tertiary/aromatic N) is 2. The highest BCUT2D eigenvalue weighted by molar-refractivity contribution is 6.62. The molecule has 0 bridgehead atoms. The van der Waals surface area contributed by atoms with Gasteiger partial charge in [-0.15, -0.1) is 0 Å². The molecular weight excluding hydrogens is 409 g/mol. The summed E-state index contributed by atoms with van der Waals surface area (Å²) in [7, 11) is 1.08. The molecule has 4 rings (SSSR count). The molecule has 9 heteroatoms. The maximum atomic E-state index is 12.6. The van der Waals surface area contributed by atoms with Crippen molar-refractivity contribution in [3.8, 4) is 0 Å². The minimum absolute atomic E-state index is 0.00462. The van der Waals surface area contributed by atoms with Crippen LogP contribution >= 0.6 is 0 Å². The first-order valence-corrected chi connectivity index (χ1v) is 10.9. The molecule has 1 amide bonds. The van der Waals surface area contributed by atoms with E-state index in [2.05, 4.69) is 5.32 Å². The third-order valence-electron chi connectivity index (χ3n) is 6.51. The molecule has 0 atom stereocenters. The van der Waals surface area contributed by atoms with E-state index in [0.717, 1.165) is 5.69 Å². The average Bonchev–Trinajstić information content (AvgIpc) is 2.99. The molecule has 0 saturated carbocycles. The highest BCUT2D eigenvalue weighted by Crippen LogP contribution is 2.36. The zero-order chi connectivity index (χ0) is 23.1. The van der Waals surface area contributed by atoms with E-state index in [0.29, 0.717) is 43.1 Å². The van der Waals surface area contributed by atoms with Crippen molar-refractivity contribution in [3.63, 3.8) is 0 Å². The first-order chi connectivity index (χ1) is 15.1. The van der Waals surface area contributed by atoms with Crippen LogP contribution in [0.4, 0.5) is 11.5 Å². The smallest absolute Gasteiger partial charge is 0.399 e. The zero-order valence-electron chi connectivity index (χ0n) is 19.3. The molecular formula is C23H30BN3O5. The molecule has 2 saturated heterocycles. The fourth-order valence-corrected chi connectivity index (χ4v) is 3.68. The van der Waals surface area contributed by atoms with E-state index in [-0.39, 0.29) is 11.5 Å². The van der Waals surface area contributed by atoms with Gasteiger partial charge in [-0.2, -0.15) is 0 Å². The number of amides is 1. The highest BCUT2D eigenvalue weighted by Gasteiger charge is 2.51. The van der Waals surface area contributed by atoms with Crippen LogP contribution in [0.3, 0.4) is 0 Å². The van der Waals surface area contributed by atoms with Crippen molar-refractivity contribution in [2.75, 3.05) is 31.6 Å². The Bertz CT molecular complexity index is 1040. The van der Waals surface area contributed by atoms with Crippen molar-refractivity contribution in [1.82, 2.24) is 9.47 Å². The van der Waals surface area contributed by atoms with Crippen LogP contribution in [0.5, 0.6) is 0 Å². The molecule has 1 N–H and O–H groups in total. The molecule has 2 aromatic rings. The predicted octanol–water partition coefficient (Wildman–Crippen LogP) is 1.90. The number of benzene rings is 1. The lowest BCUT2D eigenvalue weighted by Crippen LogP contribution is -2.41. The summed E-state index contributed by atoms with van der Waals surface area (Å²) in [6.45, 7) is 10.3. The Labute approximate surface area is 188 Å². The van der Waals surface area contributed by atoms with E-state index in [4.69, 9.17) is 14.0 Å². The fraction of sp³-hybridized carbons (Fsp3) is 0.478. The first-order valence-electron chi connectivity index (χ1n) is 10.9. The number of hydrogen-bond donors (Lipinski definition) is 1. The molecule has 0 aliphatic carbocycles. The Morgan fingerprint density at radius 3 is 2.19 bits per heavy atom. The van der Waals surface area contributed by atoms with Crippen molar-refractivity contribution in [2.24, 2.45) is 7.05 Å². The summed E-state index contributed by atoms with van der Waals surface area (Å²) in [5, 5.41) is 3.27. The van der Waals surface area contributed by atoms with Crippen LogP contribution in [-0.4, -0.2) is 60.0 Å². The number of carbonyl (C=O) groups excluding carboxylic acids is 1. The van der Waals surface area contributed by atoms with Crippen LogP contribution in [0.15, 0.2) is 41.2 Å². The van der Waals surface area contributed by atoms with Crippen molar-refractivity contribution >= 4 is 30.0 Å². The van der Waals surface area contributed by atoms with Gasteiger partial charge in [-0.05, 0) is 63.5 Å². The minimum atomic E-state index is -0.622. The second kappa shape index (κ2) is 8.39. The topological polar surface area (TPSA) is 82.0 Å². The molecule has 1 aromatic heterocycles. The lowest BCUT2D eigenvalue weighted by molar-refractivity contribution is 0.00578. The maximum Gasteiger partial charge on any atom is 0.495 e. The van der Waals surface area contributed by atoms with Gasteiger partial charge < -0.3 is 24.3 Å². The minimum Gasteiger partial charge on any atom is -0.399 e. The molecule has 1 aromatic carbocycles. The van der Waals surface area contributed by atoms with E-state index in [9.17, 15) is 9.59 Å². The normalized spacial score (nSPS) is 19.8. The lowest BCUT2D eigenvalue weighted by Gasteiger charge is -2.32. The number of pyridine rings is 1. The first kappa shape index (κ1) is 22.6. The monoisotopic (exact) mass is 439 g/mol. The molecule has 32 heavy (non-hydrogen) atoms. The average molecular weight is 439 g/mol. The van der Waals surface area contributed by atoms with Gasteiger partial charge in [0.25, 0.3) is 11.5 Å². The third-order valence-corrected chi connectivity index (χ3v) is 6.51. The van der Waals surface area contributed by atoms with Crippen LogP contribution in [0, 0.1) is 0 Å². The van der Waals surface area contributed by atoms with Gasteiger partial charge in [-0.1, -0.05) is 0 Å². The molecule has 0 spiro atoms. The van der Waals surface area contributed by atoms with E-state index >= 15 is 0 Å². The quantitative estimate of drug-likeness (QED) is 0.734. The second-order valence-electron chi connectivity index (χ2n) is 9.27. The Balaban J connectivity index is 1.53. The standard InChI is InChI=1S/C23H30BN3O5/c1-22(2)23(3,4)32-24(31-22)17-14-19(26(5)20(28)15-17)25-18-8-6-16(7-9-18)21(29)27-10-12-30-13-11-27/h6-9,14-15,25H,10-13H2,1-5H3. The number of ether oxygens (including phenoxy) is 1. The van der Waals surface area contributed by atoms with E-state index < -0.39 is 18.3 Å². The number of hydrogen-bond acceptors (Lipinski definition) is 6. The van der Waals surface area contributed by atoms with Crippen molar-refractivity contribution in [1.29, 1.82) is 0 Å².